The molecule has 0 aromatic heterocycles. The number of rotatable bonds is 6. The third-order valence-electron chi connectivity index (χ3n) is 3.73. The topological polar surface area (TPSA) is 64.6 Å². The van der Waals surface area contributed by atoms with Crippen LogP contribution in [-0.4, -0.2) is 15.5 Å². The van der Waals surface area contributed by atoms with Gasteiger partial charge in [0.2, 0.25) is 0 Å². The molecule has 0 amide bonds. The normalized spacial score (nSPS) is 11.0. The zero-order valence-electron chi connectivity index (χ0n) is 14.5. The van der Waals surface area contributed by atoms with Crippen molar-refractivity contribution in [2.75, 3.05) is 11.8 Å². The summed E-state index contributed by atoms with van der Waals surface area (Å²) >= 11 is 0. The fourth-order valence-corrected chi connectivity index (χ4v) is 3.41. The molecule has 3 aromatic carbocycles. The number of para-hydroxylation sites is 2. The summed E-state index contributed by atoms with van der Waals surface area (Å²) in [5.41, 5.74) is 1.58. The van der Waals surface area contributed by atoms with E-state index in [1.54, 1.807) is 43.5 Å². The molecule has 3 aromatic rings. The number of benzene rings is 3. The SMILES string of the molecule is COc1ccccc1Oc1ccc(S(=O)(=O)Nc2ccc(C)cc2)cc1. The molecule has 0 aliphatic heterocycles. The average Bonchev–Trinajstić information content (AvgIpc) is 2.64. The van der Waals surface area contributed by atoms with Gasteiger partial charge in [-0.3, -0.25) is 4.72 Å². The molecule has 0 saturated carbocycles. The monoisotopic (exact) mass is 369 g/mol. The van der Waals surface area contributed by atoms with Crippen molar-refractivity contribution in [2.45, 2.75) is 11.8 Å². The number of sulfonamides is 1. The zero-order valence-corrected chi connectivity index (χ0v) is 15.3. The van der Waals surface area contributed by atoms with Crippen LogP contribution in [0, 0.1) is 6.92 Å². The fourth-order valence-electron chi connectivity index (χ4n) is 2.35. The predicted octanol–water partition coefficient (Wildman–Crippen LogP) is 4.60. The highest BCUT2D eigenvalue weighted by atomic mass is 32.2. The van der Waals surface area contributed by atoms with Crippen LogP contribution in [0.4, 0.5) is 5.69 Å². The van der Waals surface area contributed by atoms with Crippen molar-refractivity contribution in [2.24, 2.45) is 0 Å². The van der Waals surface area contributed by atoms with E-state index in [4.69, 9.17) is 9.47 Å². The summed E-state index contributed by atoms with van der Waals surface area (Å²) in [6, 6.07) is 20.6. The fraction of sp³-hybridized carbons (Fsp3) is 0.100. The Labute approximate surface area is 153 Å². The molecule has 26 heavy (non-hydrogen) atoms. The first-order valence-corrected chi connectivity index (χ1v) is 9.47. The van der Waals surface area contributed by atoms with E-state index in [0.29, 0.717) is 22.9 Å². The minimum absolute atomic E-state index is 0.158. The van der Waals surface area contributed by atoms with Crippen LogP contribution in [0.2, 0.25) is 0 Å². The van der Waals surface area contributed by atoms with E-state index in [1.807, 2.05) is 31.2 Å². The lowest BCUT2D eigenvalue weighted by atomic mass is 10.2. The number of hydrogen-bond acceptors (Lipinski definition) is 4. The molecular weight excluding hydrogens is 350 g/mol. The van der Waals surface area contributed by atoms with Crippen LogP contribution < -0.4 is 14.2 Å². The molecule has 3 rings (SSSR count). The summed E-state index contributed by atoms with van der Waals surface area (Å²) in [5, 5.41) is 0. The third-order valence-corrected chi connectivity index (χ3v) is 5.13. The molecule has 5 nitrogen and oxygen atoms in total. The molecular formula is C20H19NO4S. The van der Waals surface area contributed by atoms with Gasteiger partial charge in [-0.2, -0.15) is 0 Å². The van der Waals surface area contributed by atoms with Crippen molar-refractivity contribution >= 4 is 15.7 Å². The molecule has 0 bridgehead atoms. The minimum atomic E-state index is -3.66. The highest BCUT2D eigenvalue weighted by Crippen LogP contribution is 2.31. The molecule has 0 saturated heterocycles. The molecule has 6 heteroatoms. The Kier molecular flexibility index (Phi) is 5.14. The number of nitrogens with one attached hydrogen (secondary N) is 1. The summed E-state index contributed by atoms with van der Waals surface area (Å²) in [4.78, 5) is 0.158. The molecule has 0 aliphatic rings. The maximum atomic E-state index is 12.5. The molecule has 0 atom stereocenters. The standard InChI is InChI=1S/C20H19NO4S/c1-15-7-9-16(10-8-15)21-26(22,23)18-13-11-17(12-14-18)25-20-6-4-3-5-19(20)24-2/h3-14,21H,1-2H3. The van der Waals surface area contributed by atoms with Crippen molar-refractivity contribution in [3.05, 3.63) is 78.4 Å². The molecule has 0 heterocycles. The van der Waals surface area contributed by atoms with E-state index in [-0.39, 0.29) is 4.90 Å². The summed E-state index contributed by atoms with van der Waals surface area (Å²) in [7, 11) is -2.09. The Morgan fingerprint density at radius 2 is 1.42 bits per heavy atom. The molecule has 134 valence electrons. The van der Waals surface area contributed by atoms with Crippen LogP contribution in [0.25, 0.3) is 0 Å². The lowest BCUT2D eigenvalue weighted by molar-refractivity contribution is 0.379. The number of hydrogen-bond donors (Lipinski definition) is 1. The van der Waals surface area contributed by atoms with Crippen LogP contribution in [0.3, 0.4) is 0 Å². The van der Waals surface area contributed by atoms with Crippen molar-refractivity contribution in [3.63, 3.8) is 0 Å². The van der Waals surface area contributed by atoms with Gasteiger partial charge in [-0.15, -0.1) is 0 Å². The van der Waals surface area contributed by atoms with Gasteiger partial charge in [-0.1, -0.05) is 29.8 Å². The van der Waals surface area contributed by atoms with Gasteiger partial charge in [-0.25, -0.2) is 8.42 Å². The first-order chi connectivity index (χ1) is 12.5. The van der Waals surface area contributed by atoms with Gasteiger partial charge in [0.15, 0.2) is 11.5 Å². The summed E-state index contributed by atoms with van der Waals surface area (Å²) in [6.07, 6.45) is 0. The van der Waals surface area contributed by atoms with Crippen LogP contribution in [0.15, 0.2) is 77.7 Å². The number of aryl methyl sites for hydroxylation is 1. The number of ether oxygens (including phenoxy) is 2. The Morgan fingerprint density at radius 3 is 2.04 bits per heavy atom. The van der Waals surface area contributed by atoms with Crippen LogP contribution >= 0.6 is 0 Å². The van der Waals surface area contributed by atoms with Crippen molar-refractivity contribution < 1.29 is 17.9 Å². The average molecular weight is 369 g/mol. The first kappa shape index (κ1) is 17.8. The van der Waals surface area contributed by atoms with Gasteiger partial charge in [0.1, 0.15) is 5.75 Å². The second kappa shape index (κ2) is 7.49. The van der Waals surface area contributed by atoms with Crippen LogP contribution in [-0.2, 0) is 10.0 Å². The largest absolute Gasteiger partial charge is 0.493 e. The Bertz CT molecular complexity index is 981. The van der Waals surface area contributed by atoms with E-state index in [2.05, 4.69) is 4.72 Å². The van der Waals surface area contributed by atoms with Crippen molar-refractivity contribution in [1.29, 1.82) is 0 Å². The molecule has 0 unspecified atom stereocenters. The van der Waals surface area contributed by atoms with Crippen molar-refractivity contribution in [3.8, 4) is 17.2 Å². The van der Waals surface area contributed by atoms with Gasteiger partial charge >= 0.3 is 0 Å². The van der Waals surface area contributed by atoms with Gasteiger partial charge < -0.3 is 9.47 Å². The Morgan fingerprint density at radius 1 is 0.808 bits per heavy atom. The highest BCUT2D eigenvalue weighted by molar-refractivity contribution is 7.92. The van der Waals surface area contributed by atoms with Crippen LogP contribution in [0.1, 0.15) is 5.56 Å². The molecule has 0 fully saturated rings. The predicted molar refractivity (Wildman–Crippen MR) is 101 cm³/mol. The van der Waals surface area contributed by atoms with Gasteiger partial charge in [0.05, 0.1) is 12.0 Å². The molecule has 0 aliphatic carbocycles. The molecule has 0 spiro atoms. The summed E-state index contributed by atoms with van der Waals surface area (Å²) < 4.78 is 38.5. The second-order valence-corrected chi connectivity index (χ2v) is 7.38. The Hall–Kier alpha value is -2.99. The maximum absolute atomic E-state index is 12.5. The lowest BCUT2D eigenvalue weighted by Gasteiger charge is -2.11. The second-order valence-electron chi connectivity index (χ2n) is 5.70. The zero-order chi connectivity index (χ0) is 18.6. The Balaban J connectivity index is 1.77. The summed E-state index contributed by atoms with van der Waals surface area (Å²) in [6.45, 7) is 1.94. The lowest BCUT2D eigenvalue weighted by Crippen LogP contribution is -2.12. The number of anilines is 1. The van der Waals surface area contributed by atoms with E-state index in [0.717, 1.165) is 5.56 Å². The molecule has 1 N–H and O–H groups in total. The first-order valence-electron chi connectivity index (χ1n) is 7.98. The van der Waals surface area contributed by atoms with Gasteiger partial charge in [0, 0.05) is 5.69 Å². The number of methoxy groups -OCH3 is 1. The van der Waals surface area contributed by atoms with E-state index in [9.17, 15) is 8.42 Å². The third kappa shape index (κ3) is 4.15. The van der Waals surface area contributed by atoms with E-state index in [1.165, 1.54) is 12.1 Å². The highest BCUT2D eigenvalue weighted by Gasteiger charge is 2.14. The van der Waals surface area contributed by atoms with Crippen molar-refractivity contribution in [1.82, 2.24) is 0 Å². The molecule has 0 radical (unpaired) electrons. The van der Waals surface area contributed by atoms with E-state index < -0.39 is 10.0 Å². The minimum Gasteiger partial charge on any atom is -0.493 e. The van der Waals surface area contributed by atoms with Crippen LogP contribution in [0.5, 0.6) is 17.2 Å². The van der Waals surface area contributed by atoms with Gasteiger partial charge in [0.25, 0.3) is 10.0 Å². The maximum Gasteiger partial charge on any atom is 0.261 e. The van der Waals surface area contributed by atoms with E-state index >= 15 is 0 Å². The summed E-state index contributed by atoms with van der Waals surface area (Å²) in [5.74, 6) is 1.68. The smallest absolute Gasteiger partial charge is 0.261 e. The quantitative estimate of drug-likeness (QED) is 0.690. The van der Waals surface area contributed by atoms with Gasteiger partial charge in [-0.05, 0) is 55.5 Å².